The number of carbonyl (C=O) groups is 2. The second-order valence-electron chi connectivity index (χ2n) is 8.98. The van der Waals surface area contributed by atoms with Gasteiger partial charge in [-0.1, -0.05) is 30.3 Å². The summed E-state index contributed by atoms with van der Waals surface area (Å²) in [5, 5.41) is 0. The molecule has 0 unspecified atom stereocenters. The Morgan fingerprint density at radius 1 is 1.06 bits per heavy atom. The Bertz CT molecular complexity index is 1190. The van der Waals surface area contributed by atoms with Crippen molar-refractivity contribution in [3.05, 3.63) is 89.1 Å². The maximum atomic E-state index is 13.2. The predicted octanol–water partition coefficient (Wildman–Crippen LogP) is 4.28. The summed E-state index contributed by atoms with van der Waals surface area (Å²) in [6.45, 7) is 1.50. The number of methoxy groups -OCH3 is 1. The van der Waals surface area contributed by atoms with Crippen LogP contribution in [0.3, 0.4) is 0 Å². The molecule has 6 nitrogen and oxygen atoms in total. The van der Waals surface area contributed by atoms with Crippen LogP contribution >= 0.6 is 0 Å². The number of hydrogen-bond acceptors (Lipinski definition) is 5. The minimum absolute atomic E-state index is 0.0149. The molecule has 2 aliphatic rings. The molecule has 1 aromatic heterocycles. The van der Waals surface area contributed by atoms with Crippen LogP contribution in [0.5, 0.6) is 11.6 Å². The maximum Gasteiger partial charge on any atom is 0.253 e. The van der Waals surface area contributed by atoms with E-state index in [2.05, 4.69) is 35.3 Å². The molecule has 0 aliphatic carbocycles. The van der Waals surface area contributed by atoms with Crippen LogP contribution < -0.4 is 9.47 Å². The molecule has 1 saturated heterocycles. The van der Waals surface area contributed by atoms with E-state index in [1.165, 1.54) is 11.1 Å². The van der Waals surface area contributed by atoms with Gasteiger partial charge in [0.25, 0.3) is 5.91 Å². The first-order chi connectivity index (χ1) is 16.6. The SMILES string of the molecule is COc1cc([C@@H](c2ccccc2)C2CCN(C(=O)c3ccc4c(c3)CC(=O)CO4)CC2)ccn1. The number of rotatable bonds is 5. The van der Waals surface area contributed by atoms with Crippen LogP contribution in [-0.4, -0.2) is 48.4 Å². The van der Waals surface area contributed by atoms with E-state index in [4.69, 9.17) is 9.47 Å². The number of benzene rings is 2. The molecule has 0 bridgehead atoms. The van der Waals surface area contributed by atoms with Crippen molar-refractivity contribution in [1.82, 2.24) is 9.88 Å². The molecular weight excluding hydrogens is 428 g/mol. The Hall–Kier alpha value is -3.67. The number of amides is 1. The number of fused-ring (bicyclic) bond motifs is 1. The first-order valence-electron chi connectivity index (χ1n) is 11.7. The highest BCUT2D eigenvalue weighted by Gasteiger charge is 2.31. The van der Waals surface area contributed by atoms with Gasteiger partial charge in [-0.2, -0.15) is 0 Å². The molecule has 1 amide bonds. The van der Waals surface area contributed by atoms with E-state index in [0.29, 0.717) is 42.6 Å². The van der Waals surface area contributed by atoms with E-state index in [1.807, 2.05) is 29.2 Å². The Labute approximate surface area is 199 Å². The smallest absolute Gasteiger partial charge is 0.253 e. The minimum atomic E-state index is 0.0149. The average Bonchev–Trinajstić information content (AvgIpc) is 2.89. The standard InChI is InChI=1S/C28H28N2O4/c1-33-26-17-21(9-12-29-26)27(19-5-3-2-4-6-19)20-10-13-30(14-11-20)28(32)22-7-8-25-23(15-22)16-24(31)18-34-25/h2-9,12,15,17,20,27H,10-11,13-14,16,18H2,1H3/t27-/m0/s1. The van der Waals surface area contributed by atoms with E-state index in [9.17, 15) is 9.59 Å². The average molecular weight is 457 g/mol. The molecule has 2 aromatic carbocycles. The quantitative estimate of drug-likeness (QED) is 0.573. The van der Waals surface area contributed by atoms with Gasteiger partial charge in [-0.25, -0.2) is 4.98 Å². The highest BCUT2D eigenvalue weighted by atomic mass is 16.5. The molecular formula is C28H28N2O4. The maximum absolute atomic E-state index is 13.2. The third kappa shape index (κ3) is 4.53. The van der Waals surface area contributed by atoms with Crippen LogP contribution in [0.25, 0.3) is 0 Å². The molecule has 34 heavy (non-hydrogen) atoms. The molecule has 0 spiro atoms. The van der Waals surface area contributed by atoms with Gasteiger partial charge in [-0.05, 0) is 54.2 Å². The highest BCUT2D eigenvalue weighted by Crippen LogP contribution is 2.39. The second-order valence-corrected chi connectivity index (χ2v) is 8.98. The summed E-state index contributed by atoms with van der Waals surface area (Å²) in [6, 6.07) is 20.0. The Morgan fingerprint density at radius 2 is 1.85 bits per heavy atom. The lowest BCUT2D eigenvalue weighted by atomic mass is 9.76. The van der Waals surface area contributed by atoms with Gasteiger partial charge >= 0.3 is 0 Å². The van der Waals surface area contributed by atoms with Crippen LogP contribution in [-0.2, 0) is 11.2 Å². The molecule has 174 valence electrons. The van der Waals surface area contributed by atoms with Crippen LogP contribution in [0.2, 0.25) is 0 Å². The normalized spacial score (nSPS) is 17.0. The molecule has 3 aromatic rings. The molecule has 3 heterocycles. The monoisotopic (exact) mass is 456 g/mol. The molecule has 0 radical (unpaired) electrons. The predicted molar refractivity (Wildman–Crippen MR) is 128 cm³/mol. The third-order valence-electron chi connectivity index (χ3n) is 6.87. The van der Waals surface area contributed by atoms with E-state index >= 15 is 0 Å². The number of ether oxygens (including phenoxy) is 2. The van der Waals surface area contributed by atoms with E-state index in [-0.39, 0.29) is 24.2 Å². The number of ketones is 1. The van der Waals surface area contributed by atoms with Gasteiger partial charge in [0.2, 0.25) is 5.88 Å². The summed E-state index contributed by atoms with van der Waals surface area (Å²) < 4.78 is 10.8. The zero-order chi connectivity index (χ0) is 23.5. The molecule has 1 atom stereocenters. The minimum Gasteiger partial charge on any atom is -0.486 e. The van der Waals surface area contributed by atoms with Crippen molar-refractivity contribution in [2.24, 2.45) is 5.92 Å². The Balaban J connectivity index is 1.33. The summed E-state index contributed by atoms with van der Waals surface area (Å²) in [5.41, 5.74) is 3.86. The number of hydrogen-bond donors (Lipinski definition) is 0. The lowest BCUT2D eigenvalue weighted by Crippen LogP contribution is -2.40. The summed E-state index contributed by atoms with van der Waals surface area (Å²) >= 11 is 0. The van der Waals surface area contributed by atoms with Gasteiger partial charge < -0.3 is 14.4 Å². The number of aromatic nitrogens is 1. The second kappa shape index (κ2) is 9.67. The number of Topliss-reactive ketones (excluding diaryl/α,β-unsaturated/α-hetero) is 1. The number of carbonyl (C=O) groups excluding carboxylic acids is 2. The Morgan fingerprint density at radius 3 is 2.62 bits per heavy atom. The van der Waals surface area contributed by atoms with Crippen molar-refractivity contribution in [1.29, 1.82) is 0 Å². The van der Waals surface area contributed by atoms with Gasteiger partial charge in [-0.15, -0.1) is 0 Å². The fourth-order valence-electron chi connectivity index (χ4n) is 5.16. The number of piperidine rings is 1. The van der Waals surface area contributed by atoms with Crippen molar-refractivity contribution in [2.45, 2.75) is 25.2 Å². The van der Waals surface area contributed by atoms with Crippen molar-refractivity contribution in [3.8, 4) is 11.6 Å². The zero-order valence-corrected chi connectivity index (χ0v) is 19.3. The number of likely N-dealkylation sites (tertiary alicyclic amines) is 1. The van der Waals surface area contributed by atoms with Gasteiger partial charge in [-0.3, -0.25) is 9.59 Å². The van der Waals surface area contributed by atoms with Crippen LogP contribution in [0.15, 0.2) is 66.9 Å². The fourth-order valence-corrected chi connectivity index (χ4v) is 5.16. The molecule has 0 N–H and O–H groups in total. The lowest BCUT2D eigenvalue weighted by molar-refractivity contribution is -0.121. The van der Waals surface area contributed by atoms with Crippen molar-refractivity contribution in [3.63, 3.8) is 0 Å². The lowest BCUT2D eigenvalue weighted by Gasteiger charge is -2.37. The van der Waals surface area contributed by atoms with E-state index in [1.54, 1.807) is 19.4 Å². The van der Waals surface area contributed by atoms with E-state index < -0.39 is 0 Å². The van der Waals surface area contributed by atoms with Gasteiger partial charge in [0.1, 0.15) is 12.4 Å². The third-order valence-corrected chi connectivity index (χ3v) is 6.87. The molecule has 6 heteroatoms. The Kier molecular flexibility index (Phi) is 6.30. The number of nitrogens with zero attached hydrogens (tertiary/aromatic N) is 2. The fraction of sp³-hybridized carbons (Fsp3) is 0.321. The first kappa shape index (κ1) is 22.1. The topological polar surface area (TPSA) is 68.7 Å². The summed E-state index contributed by atoms with van der Waals surface area (Å²) in [5.74, 6) is 1.98. The van der Waals surface area contributed by atoms with Crippen LogP contribution in [0, 0.1) is 5.92 Å². The van der Waals surface area contributed by atoms with Crippen molar-refractivity contribution >= 4 is 11.7 Å². The summed E-state index contributed by atoms with van der Waals surface area (Å²) in [4.78, 5) is 31.2. The van der Waals surface area contributed by atoms with Gasteiger partial charge in [0.05, 0.1) is 7.11 Å². The molecule has 5 rings (SSSR count). The van der Waals surface area contributed by atoms with Crippen molar-refractivity contribution < 1.29 is 19.1 Å². The van der Waals surface area contributed by atoms with Crippen molar-refractivity contribution in [2.75, 3.05) is 26.8 Å². The van der Waals surface area contributed by atoms with Crippen LogP contribution in [0.1, 0.15) is 45.8 Å². The molecule has 2 aliphatic heterocycles. The highest BCUT2D eigenvalue weighted by molar-refractivity contribution is 5.95. The van der Waals surface area contributed by atoms with Gasteiger partial charge in [0.15, 0.2) is 5.78 Å². The molecule has 0 saturated carbocycles. The molecule has 1 fully saturated rings. The summed E-state index contributed by atoms with van der Waals surface area (Å²) in [6.07, 6.45) is 3.94. The number of pyridine rings is 1. The largest absolute Gasteiger partial charge is 0.486 e. The summed E-state index contributed by atoms with van der Waals surface area (Å²) in [7, 11) is 1.64. The van der Waals surface area contributed by atoms with Gasteiger partial charge in [0, 0.05) is 48.8 Å². The zero-order valence-electron chi connectivity index (χ0n) is 19.3. The van der Waals surface area contributed by atoms with E-state index in [0.717, 1.165) is 18.4 Å². The first-order valence-corrected chi connectivity index (χ1v) is 11.7. The van der Waals surface area contributed by atoms with Crippen LogP contribution in [0.4, 0.5) is 0 Å².